The Morgan fingerprint density at radius 3 is 2.50 bits per heavy atom. The third-order valence-corrected chi connectivity index (χ3v) is 3.39. The number of carbonyl (C=O) groups excluding carboxylic acids is 1. The molecule has 4 heteroatoms. The fourth-order valence-corrected chi connectivity index (χ4v) is 2.28. The van der Waals surface area contributed by atoms with E-state index in [1.54, 1.807) is 4.90 Å². The van der Waals surface area contributed by atoms with E-state index in [2.05, 4.69) is 29.2 Å². The maximum Gasteiger partial charge on any atom is 0.236 e. The van der Waals surface area contributed by atoms with Gasteiger partial charge in [0.2, 0.25) is 5.91 Å². The van der Waals surface area contributed by atoms with Crippen LogP contribution in [0.3, 0.4) is 0 Å². The van der Waals surface area contributed by atoms with Gasteiger partial charge in [0.25, 0.3) is 0 Å². The minimum atomic E-state index is 0.177. The molecule has 0 atom stereocenters. The largest absolute Gasteiger partial charge is 0.345 e. The smallest absolute Gasteiger partial charge is 0.236 e. The molecule has 1 heterocycles. The van der Waals surface area contributed by atoms with Gasteiger partial charge in [-0.15, -0.1) is 0 Å². The van der Waals surface area contributed by atoms with Gasteiger partial charge in [0, 0.05) is 26.7 Å². The molecule has 98 valence electrons. The summed E-state index contributed by atoms with van der Waals surface area (Å²) in [6.45, 7) is 3.64. The molecule has 0 saturated heterocycles. The standard InChI is InChI=1S/C14H21N3O/c1-16(8-4-7-15)14(18)11-17-9-12-5-2-3-6-13(12)10-17/h2-3,5-6H,4,7-11,15H2,1H3. The average Bonchev–Trinajstić information content (AvgIpc) is 2.77. The summed E-state index contributed by atoms with van der Waals surface area (Å²) in [7, 11) is 1.85. The second-order valence-corrected chi connectivity index (χ2v) is 4.87. The minimum absolute atomic E-state index is 0.177. The van der Waals surface area contributed by atoms with Gasteiger partial charge in [-0.2, -0.15) is 0 Å². The van der Waals surface area contributed by atoms with Crippen molar-refractivity contribution in [2.45, 2.75) is 19.5 Å². The van der Waals surface area contributed by atoms with Gasteiger partial charge < -0.3 is 10.6 Å². The molecule has 2 rings (SSSR count). The molecule has 1 aliphatic rings. The van der Waals surface area contributed by atoms with Crippen molar-refractivity contribution in [1.29, 1.82) is 0 Å². The number of hydrogen-bond donors (Lipinski definition) is 1. The average molecular weight is 247 g/mol. The third kappa shape index (κ3) is 3.09. The van der Waals surface area contributed by atoms with Crippen molar-refractivity contribution in [1.82, 2.24) is 9.80 Å². The van der Waals surface area contributed by atoms with E-state index >= 15 is 0 Å². The van der Waals surface area contributed by atoms with Crippen LogP contribution in [0.2, 0.25) is 0 Å². The number of likely N-dealkylation sites (N-methyl/N-ethyl adjacent to an activating group) is 1. The third-order valence-electron chi connectivity index (χ3n) is 3.39. The zero-order valence-electron chi connectivity index (χ0n) is 10.9. The summed E-state index contributed by atoms with van der Waals surface area (Å²) in [5.74, 6) is 0.177. The fraction of sp³-hybridized carbons (Fsp3) is 0.500. The van der Waals surface area contributed by atoms with Crippen LogP contribution in [0.15, 0.2) is 24.3 Å². The highest BCUT2D eigenvalue weighted by molar-refractivity contribution is 5.78. The van der Waals surface area contributed by atoms with Crippen LogP contribution in [-0.2, 0) is 17.9 Å². The molecule has 18 heavy (non-hydrogen) atoms. The van der Waals surface area contributed by atoms with E-state index in [-0.39, 0.29) is 5.91 Å². The molecule has 2 N–H and O–H groups in total. The van der Waals surface area contributed by atoms with Gasteiger partial charge in [0.15, 0.2) is 0 Å². The van der Waals surface area contributed by atoms with Crippen molar-refractivity contribution in [2.24, 2.45) is 5.73 Å². The van der Waals surface area contributed by atoms with Crippen LogP contribution in [0.4, 0.5) is 0 Å². The second-order valence-electron chi connectivity index (χ2n) is 4.87. The molecule has 0 radical (unpaired) electrons. The maximum atomic E-state index is 12.0. The van der Waals surface area contributed by atoms with E-state index in [0.29, 0.717) is 13.1 Å². The molecule has 1 amide bonds. The van der Waals surface area contributed by atoms with Gasteiger partial charge in [-0.05, 0) is 24.1 Å². The number of benzene rings is 1. The first-order valence-electron chi connectivity index (χ1n) is 6.44. The summed E-state index contributed by atoms with van der Waals surface area (Å²) in [5, 5.41) is 0. The molecule has 0 saturated carbocycles. The highest BCUT2D eigenvalue weighted by Gasteiger charge is 2.21. The molecule has 1 aromatic rings. The molecule has 0 aromatic heterocycles. The SMILES string of the molecule is CN(CCCN)C(=O)CN1Cc2ccccc2C1. The van der Waals surface area contributed by atoms with Crippen LogP contribution >= 0.6 is 0 Å². The van der Waals surface area contributed by atoms with E-state index in [4.69, 9.17) is 5.73 Å². The summed E-state index contributed by atoms with van der Waals surface area (Å²) in [5.41, 5.74) is 8.13. The van der Waals surface area contributed by atoms with Crippen molar-refractivity contribution in [3.63, 3.8) is 0 Å². The van der Waals surface area contributed by atoms with Gasteiger partial charge in [-0.25, -0.2) is 0 Å². The number of nitrogens with zero attached hydrogens (tertiary/aromatic N) is 2. The Kier molecular flexibility index (Phi) is 4.33. The topological polar surface area (TPSA) is 49.6 Å². The molecule has 0 unspecified atom stereocenters. The Balaban J connectivity index is 1.84. The quantitative estimate of drug-likeness (QED) is 0.837. The molecule has 1 aliphatic heterocycles. The summed E-state index contributed by atoms with van der Waals surface area (Å²) in [6.07, 6.45) is 0.864. The lowest BCUT2D eigenvalue weighted by Crippen LogP contribution is -2.37. The van der Waals surface area contributed by atoms with Crippen LogP contribution in [0, 0.1) is 0 Å². The summed E-state index contributed by atoms with van der Waals surface area (Å²) in [4.78, 5) is 16.0. The molecule has 0 fully saturated rings. The van der Waals surface area contributed by atoms with Crippen LogP contribution in [0.1, 0.15) is 17.5 Å². The number of fused-ring (bicyclic) bond motifs is 1. The van der Waals surface area contributed by atoms with Crippen LogP contribution in [0.5, 0.6) is 0 Å². The zero-order chi connectivity index (χ0) is 13.0. The number of hydrogen-bond acceptors (Lipinski definition) is 3. The van der Waals surface area contributed by atoms with Crippen molar-refractivity contribution in [3.05, 3.63) is 35.4 Å². The minimum Gasteiger partial charge on any atom is -0.345 e. The van der Waals surface area contributed by atoms with Gasteiger partial charge >= 0.3 is 0 Å². The van der Waals surface area contributed by atoms with Crippen LogP contribution < -0.4 is 5.73 Å². The highest BCUT2D eigenvalue weighted by Crippen LogP contribution is 2.21. The molecule has 0 aliphatic carbocycles. The molecule has 4 nitrogen and oxygen atoms in total. The number of carbonyl (C=O) groups is 1. The first-order chi connectivity index (χ1) is 8.70. The van der Waals surface area contributed by atoms with Crippen molar-refractivity contribution >= 4 is 5.91 Å². The Labute approximate surface area is 108 Å². The Morgan fingerprint density at radius 1 is 1.33 bits per heavy atom. The molecular weight excluding hydrogens is 226 g/mol. The maximum absolute atomic E-state index is 12.0. The lowest BCUT2D eigenvalue weighted by Gasteiger charge is -2.21. The van der Waals surface area contributed by atoms with Gasteiger partial charge in [-0.3, -0.25) is 9.69 Å². The van der Waals surface area contributed by atoms with E-state index in [1.165, 1.54) is 11.1 Å². The predicted molar refractivity (Wildman–Crippen MR) is 71.9 cm³/mol. The summed E-state index contributed by atoms with van der Waals surface area (Å²) in [6, 6.07) is 8.38. The predicted octanol–water partition coefficient (Wildman–Crippen LogP) is 0.809. The van der Waals surface area contributed by atoms with E-state index in [1.807, 2.05) is 7.05 Å². The van der Waals surface area contributed by atoms with E-state index < -0.39 is 0 Å². The molecule has 0 spiro atoms. The van der Waals surface area contributed by atoms with Crippen LogP contribution in [0.25, 0.3) is 0 Å². The molecule has 1 aromatic carbocycles. The molecule has 0 bridgehead atoms. The molecular formula is C14H21N3O. The Morgan fingerprint density at radius 2 is 1.94 bits per heavy atom. The number of amides is 1. The summed E-state index contributed by atoms with van der Waals surface area (Å²) < 4.78 is 0. The van der Waals surface area contributed by atoms with Crippen molar-refractivity contribution < 1.29 is 4.79 Å². The number of nitrogens with two attached hydrogens (primary N) is 1. The fourth-order valence-electron chi connectivity index (χ4n) is 2.28. The van der Waals surface area contributed by atoms with E-state index in [9.17, 15) is 4.79 Å². The van der Waals surface area contributed by atoms with Gasteiger partial charge in [-0.1, -0.05) is 24.3 Å². The van der Waals surface area contributed by atoms with Crippen molar-refractivity contribution in [3.8, 4) is 0 Å². The monoisotopic (exact) mass is 247 g/mol. The lowest BCUT2D eigenvalue weighted by molar-refractivity contribution is -0.131. The van der Waals surface area contributed by atoms with E-state index in [0.717, 1.165) is 26.1 Å². The van der Waals surface area contributed by atoms with Gasteiger partial charge in [0.05, 0.1) is 6.54 Å². The normalized spacial score (nSPS) is 14.6. The first-order valence-corrected chi connectivity index (χ1v) is 6.44. The Hall–Kier alpha value is -1.39. The second kappa shape index (κ2) is 5.98. The van der Waals surface area contributed by atoms with Gasteiger partial charge in [0.1, 0.15) is 0 Å². The summed E-state index contributed by atoms with van der Waals surface area (Å²) >= 11 is 0. The lowest BCUT2D eigenvalue weighted by atomic mass is 10.1. The first kappa shape index (κ1) is 13.1. The highest BCUT2D eigenvalue weighted by atomic mass is 16.2. The van der Waals surface area contributed by atoms with Crippen LogP contribution in [-0.4, -0.2) is 42.4 Å². The number of rotatable bonds is 5. The van der Waals surface area contributed by atoms with Crippen molar-refractivity contribution in [2.75, 3.05) is 26.7 Å². The zero-order valence-corrected chi connectivity index (χ0v) is 10.9. The Bertz CT molecular complexity index is 394.